The van der Waals surface area contributed by atoms with Crippen LogP contribution in [0.15, 0.2) is 0 Å². The molecule has 0 aromatic rings. The monoisotopic (exact) mass is 224 g/mol. The number of hydrogen-bond donors (Lipinski definition) is 4. The highest BCUT2D eigenvalue weighted by atomic mass is 19.4. The Kier molecular flexibility index (Phi) is 6.11. The zero-order valence-corrected chi connectivity index (χ0v) is 8.25. The van der Waals surface area contributed by atoms with Gasteiger partial charge in [-0.3, -0.25) is 0 Å². The molecule has 5 N–H and O–H groups in total. The summed E-state index contributed by atoms with van der Waals surface area (Å²) in [6, 6.07) is 0. The normalized spacial score (nSPS) is 11.5. The summed E-state index contributed by atoms with van der Waals surface area (Å²) in [6.07, 6.45) is -5.05. The van der Waals surface area contributed by atoms with Gasteiger partial charge in [-0.2, -0.15) is 13.2 Å². The summed E-state index contributed by atoms with van der Waals surface area (Å²) in [7, 11) is 0. The third-order valence-corrected chi connectivity index (χ3v) is 1.68. The molecule has 0 radical (unpaired) electrons. The number of hydrogen-bond acceptors (Lipinski definition) is 4. The van der Waals surface area contributed by atoms with E-state index in [1.54, 1.807) is 0 Å². The van der Waals surface area contributed by atoms with Gasteiger partial charge in [0.15, 0.2) is 0 Å². The van der Waals surface area contributed by atoms with Gasteiger partial charge in [0.25, 0.3) is 0 Å². The van der Waals surface area contributed by atoms with Crippen LogP contribution in [0.1, 0.15) is 12.8 Å². The van der Waals surface area contributed by atoms with Gasteiger partial charge in [0, 0.05) is 25.3 Å². The Morgan fingerprint density at radius 3 is 2.27 bits per heavy atom. The van der Waals surface area contributed by atoms with Gasteiger partial charge in [0.2, 0.25) is 0 Å². The molecule has 0 amide bonds. The summed E-state index contributed by atoms with van der Waals surface area (Å²) in [5.41, 5.74) is 4.04. The molecule has 0 saturated carbocycles. The molecule has 7 heteroatoms. The molecule has 0 aliphatic rings. The molecule has 0 saturated heterocycles. The van der Waals surface area contributed by atoms with E-state index in [-0.39, 0.29) is 18.7 Å². The number of nitrogens with one attached hydrogen (secondary N) is 3. The van der Waals surface area contributed by atoms with Crippen LogP contribution in [-0.4, -0.2) is 37.2 Å². The molecule has 0 aromatic heterocycles. The molecule has 0 spiro atoms. The van der Waals surface area contributed by atoms with Crippen molar-refractivity contribution < 1.29 is 13.2 Å². The maximum absolute atomic E-state index is 11.9. The van der Waals surface area contributed by atoms with Gasteiger partial charge >= 0.3 is 6.18 Å². The van der Waals surface area contributed by atoms with E-state index in [2.05, 4.69) is 5.32 Å². The van der Waals surface area contributed by atoms with Crippen LogP contribution in [0.4, 0.5) is 13.2 Å². The van der Waals surface area contributed by atoms with Crippen LogP contribution in [0, 0.1) is 10.8 Å². The summed E-state index contributed by atoms with van der Waals surface area (Å²) in [5, 5.41) is 16.8. The lowest BCUT2D eigenvalue weighted by Gasteiger charge is -2.08. The van der Waals surface area contributed by atoms with Crippen molar-refractivity contribution in [2.75, 3.05) is 19.6 Å². The first kappa shape index (κ1) is 14.1. The third-order valence-electron chi connectivity index (χ3n) is 1.68. The zero-order valence-electron chi connectivity index (χ0n) is 8.25. The van der Waals surface area contributed by atoms with E-state index in [1.807, 2.05) is 0 Å². The lowest BCUT2D eigenvalue weighted by atomic mass is 10.1. The minimum absolute atomic E-state index is 0.0457. The van der Waals surface area contributed by atoms with Gasteiger partial charge in [0.05, 0.1) is 0 Å². The van der Waals surface area contributed by atoms with E-state index in [9.17, 15) is 13.2 Å². The Morgan fingerprint density at radius 2 is 1.80 bits per heavy atom. The number of alkyl halides is 3. The summed E-state index contributed by atoms with van der Waals surface area (Å²) in [6.45, 7) is 1.17. The quantitative estimate of drug-likeness (QED) is 0.383. The second-order valence-electron chi connectivity index (χ2n) is 3.05. The number of rotatable bonds is 7. The van der Waals surface area contributed by atoms with E-state index in [0.29, 0.717) is 13.1 Å². The van der Waals surface area contributed by atoms with Crippen molar-refractivity contribution in [3.63, 3.8) is 0 Å². The molecule has 0 fully saturated rings. The third kappa shape index (κ3) is 7.03. The molecular weight excluding hydrogens is 209 g/mol. The van der Waals surface area contributed by atoms with Crippen LogP contribution in [0.2, 0.25) is 0 Å². The first-order valence-corrected chi connectivity index (χ1v) is 4.49. The first-order chi connectivity index (χ1) is 6.88. The van der Waals surface area contributed by atoms with Crippen molar-refractivity contribution in [1.82, 2.24) is 5.32 Å². The van der Waals surface area contributed by atoms with E-state index in [4.69, 9.17) is 16.6 Å². The number of halogens is 3. The predicted octanol–water partition coefficient (Wildman–Crippen LogP) is 0.917. The minimum atomic E-state index is -4.56. The average molecular weight is 224 g/mol. The van der Waals surface area contributed by atoms with Gasteiger partial charge < -0.3 is 21.9 Å². The van der Waals surface area contributed by atoms with Crippen molar-refractivity contribution in [3.05, 3.63) is 0 Å². The van der Waals surface area contributed by atoms with Crippen LogP contribution >= 0.6 is 0 Å². The van der Waals surface area contributed by atoms with Crippen LogP contribution in [0.25, 0.3) is 0 Å². The molecule has 0 atom stereocenters. The molecule has 0 aliphatic carbocycles. The van der Waals surface area contributed by atoms with E-state index in [1.165, 1.54) is 0 Å². The Hall–Kier alpha value is -0.950. The Morgan fingerprint density at radius 1 is 1.20 bits per heavy atom. The largest absolute Gasteiger partial charge is 0.428 e. The summed E-state index contributed by atoms with van der Waals surface area (Å²) in [5.74, 6) is 0. The lowest BCUT2D eigenvalue weighted by Crippen LogP contribution is -2.29. The van der Waals surface area contributed by atoms with Gasteiger partial charge in [0.1, 0.15) is 5.71 Å². The standard InChI is InChI=1S/C8H15F3N4/c9-8(10,11)7(14)2-1-6(13)5-15-4-3-12/h13-15H,1-5,12H2. The highest BCUT2D eigenvalue weighted by molar-refractivity contribution is 5.92. The highest BCUT2D eigenvalue weighted by Crippen LogP contribution is 2.18. The Bertz CT molecular complexity index is 224. The zero-order chi connectivity index (χ0) is 11.9. The van der Waals surface area contributed by atoms with Crippen molar-refractivity contribution in [3.8, 4) is 0 Å². The lowest BCUT2D eigenvalue weighted by molar-refractivity contribution is -0.0611. The van der Waals surface area contributed by atoms with Gasteiger partial charge in [-0.25, -0.2) is 0 Å². The fourth-order valence-corrected chi connectivity index (χ4v) is 0.847. The molecule has 0 aliphatic heterocycles. The average Bonchev–Trinajstić information content (AvgIpc) is 2.13. The SMILES string of the molecule is N=C(CCC(=N)C(F)(F)F)CNCCN. The summed E-state index contributed by atoms with van der Waals surface area (Å²) >= 11 is 0. The van der Waals surface area contributed by atoms with Crippen molar-refractivity contribution >= 4 is 11.4 Å². The van der Waals surface area contributed by atoms with Crippen molar-refractivity contribution in [2.45, 2.75) is 19.0 Å². The van der Waals surface area contributed by atoms with Crippen LogP contribution in [-0.2, 0) is 0 Å². The predicted molar refractivity (Wildman–Crippen MR) is 52.7 cm³/mol. The molecule has 4 nitrogen and oxygen atoms in total. The summed E-state index contributed by atoms with van der Waals surface area (Å²) in [4.78, 5) is 0. The fraction of sp³-hybridized carbons (Fsp3) is 0.750. The number of nitrogens with two attached hydrogens (primary N) is 1. The van der Waals surface area contributed by atoms with Crippen LogP contribution in [0.5, 0.6) is 0 Å². The van der Waals surface area contributed by atoms with Crippen molar-refractivity contribution in [1.29, 1.82) is 10.8 Å². The topological polar surface area (TPSA) is 85.8 Å². The van der Waals surface area contributed by atoms with Gasteiger partial charge in [-0.15, -0.1) is 0 Å². The molecule has 0 unspecified atom stereocenters. The second kappa shape index (κ2) is 6.52. The summed E-state index contributed by atoms with van der Waals surface area (Å²) < 4.78 is 35.6. The Labute approximate surface area is 86.1 Å². The molecular formula is C8H15F3N4. The highest BCUT2D eigenvalue weighted by Gasteiger charge is 2.33. The molecule has 0 rings (SSSR count). The Balaban J connectivity index is 3.67. The maximum Gasteiger partial charge on any atom is 0.428 e. The molecule has 88 valence electrons. The molecule has 0 bridgehead atoms. The van der Waals surface area contributed by atoms with Gasteiger partial charge in [-0.1, -0.05) is 0 Å². The second-order valence-corrected chi connectivity index (χ2v) is 3.05. The fourth-order valence-electron chi connectivity index (χ4n) is 0.847. The van der Waals surface area contributed by atoms with Crippen LogP contribution < -0.4 is 11.1 Å². The molecule has 15 heavy (non-hydrogen) atoms. The molecule has 0 aromatic carbocycles. The van der Waals surface area contributed by atoms with E-state index in [0.717, 1.165) is 0 Å². The minimum Gasteiger partial charge on any atom is -0.329 e. The maximum atomic E-state index is 11.9. The van der Waals surface area contributed by atoms with E-state index >= 15 is 0 Å². The van der Waals surface area contributed by atoms with Crippen molar-refractivity contribution in [2.24, 2.45) is 5.73 Å². The van der Waals surface area contributed by atoms with E-state index < -0.39 is 18.3 Å². The van der Waals surface area contributed by atoms with Gasteiger partial charge in [-0.05, 0) is 12.8 Å². The smallest absolute Gasteiger partial charge is 0.329 e. The van der Waals surface area contributed by atoms with Crippen LogP contribution in [0.3, 0.4) is 0 Å². The molecule has 0 heterocycles. The first-order valence-electron chi connectivity index (χ1n) is 4.49.